The topological polar surface area (TPSA) is 20.3 Å². The fourth-order valence-electron chi connectivity index (χ4n) is 2.54. The van der Waals surface area contributed by atoms with Crippen LogP contribution in [0, 0.1) is 0 Å². The Kier molecular flexibility index (Phi) is 3.26. The third kappa shape index (κ3) is 2.24. The van der Waals surface area contributed by atoms with E-state index in [0.29, 0.717) is 0 Å². The molecule has 1 amide bonds. The molecule has 0 spiro atoms. The fourth-order valence-corrected chi connectivity index (χ4v) is 2.69. The smallest absolute Gasteiger partial charge is 0.241 e. The van der Waals surface area contributed by atoms with Gasteiger partial charge in [-0.2, -0.15) is 0 Å². The lowest BCUT2D eigenvalue weighted by atomic mass is 10.0. The molecule has 0 saturated heterocycles. The molecule has 0 fully saturated rings. The maximum absolute atomic E-state index is 11.7. The van der Waals surface area contributed by atoms with Gasteiger partial charge in [-0.1, -0.05) is 36.4 Å². The van der Waals surface area contributed by atoms with E-state index in [2.05, 4.69) is 24.3 Å². The summed E-state index contributed by atoms with van der Waals surface area (Å²) in [5.74, 6) is 0.0211. The van der Waals surface area contributed by atoms with E-state index >= 15 is 0 Å². The normalized spacial score (nSPS) is 13.4. The molecule has 0 saturated carbocycles. The molecule has 2 aromatic carbocycles. The van der Waals surface area contributed by atoms with E-state index in [0.717, 1.165) is 18.7 Å². The summed E-state index contributed by atoms with van der Waals surface area (Å²) in [5, 5.41) is 0. The Morgan fingerprint density at radius 2 is 1.89 bits per heavy atom. The standard InChI is InChI=1S/C16H14ClNO/c17-11-16(19)18-9-8-14-10-13(6-7-15(14)18)12-4-2-1-3-5-12/h1-7,10H,8-9,11H2. The van der Waals surface area contributed by atoms with Crippen molar-refractivity contribution in [1.82, 2.24) is 0 Å². The first kappa shape index (κ1) is 12.2. The van der Waals surface area contributed by atoms with Crippen LogP contribution in [0.25, 0.3) is 11.1 Å². The lowest BCUT2D eigenvalue weighted by molar-refractivity contribution is -0.116. The molecule has 0 atom stereocenters. The molecule has 1 aliphatic heterocycles. The van der Waals surface area contributed by atoms with Gasteiger partial charge in [0.2, 0.25) is 5.91 Å². The average Bonchev–Trinajstić information content (AvgIpc) is 2.90. The zero-order chi connectivity index (χ0) is 13.2. The molecule has 0 unspecified atom stereocenters. The summed E-state index contributed by atoms with van der Waals surface area (Å²) in [6, 6.07) is 16.5. The van der Waals surface area contributed by atoms with Crippen LogP contribution in [0.4, 0.5) is 5.69 Å². The zero-order valence-electron chi connectivity index (χ0n) is 10.5. The molecule has 3 rings (SSSR count). The number of carbonyl (C=O) groups excluding carboxylic acids is 1. The molecule has 0 bridgehead atoms. The van der Waals surface area contributed by atoms with Gasteiger partial charge in [0.15, 0.2) is 0 Å². The summed E-state index contributed by atoms with van der Waals surface area (Å²) in [5.41, 5.74) is 4.62. The second kappa shape index (κ2) is 5.06. The molecule has 0 aromatic heterocycles. The van der Waals surface area contributed by atoms with E-state index in [1.165, 1.54) is 16.7 Å². The minimum Gasteiger partial charge on any atom is -0.311 e. The van der Waals surface area contributed by atoms with Crippen molar-refractivity contribution in [1.29, 1.82) is 0 Å². The lowest BCUT2D eigenvalue weighted by Crippen LogP contribution is -2.29. The van der Waals surface area contributed by atoms with Gasteiger partial charge in [0.1, 0.15) is 5.88 Å². The van der Waals surface area contributed by atoms with Crippen molar-refractivity contribution in [2.45, 2.75) is 6.42 Å². The van der Waals surface area contributed by atoms with Gasteiger partial charge in [0.05, 0.1) is 0 Å². The predicted octanol–water partition coefficient (Wildman–Crippen LogP) is 3.48. The summed E-state index contributed by atoms with van der Waals surface area (Å²) in [4.78, 5) is 13.5. The molecule has 0 aliphatic carbocycles. The number of carbonyl (C=O) groups is 1. The van der Waals surface area contributed by atoms with Gasteiger partial charge in [-0.15, -0.1) is 11.6 Å². The van der Waals surface area contributed by atoms with Crippen LogP contribution in [-0.2, 0) is 11.2 Å². The SMILES string of the molecule is O=C(CCl)N1CCc2cc(-c3ccccc3)ccc21. The number of hydrogen-bond donors (Lipinski definition) is 0. The number of rotatable bonds is 2. The largest absolute Gasteiger partial charge is 0.311 e. The molecule has 3 heteroatoms. The zero-order valence-corrected chi connectivity index (χ0v) is 11.2. The molecule has 19 heavy (non-hydrogen) atoms. The first-order chi connectivity index (χ1) is 9.29. The highest BCUT2D eigenvalue weighted by Gasteiger charge is 2.23. The third-order valence-corrected chi connectivity index (χ3v) is 3.73. The highest BCUT2D eigenvalue weighted by atomic mass is 35.5. The van der Waals surface area contributed by atoms with Gasteiger partial charge in [-0.05, 0) is 35.2 Å². The van der Waals surface area contributed by atoms with Crippen LogP contribution in [0.2, 0.25) is 0 Å². The van der Waals surface area contributed by atoms with E-state index in [-0.39, 0.29) is 11.8 Å². The van der Waals surface area contributed by atoms with E-state index in [1.807, 2.05) is 24.3 Å². The molecule has 2 aromatic rings. The van der Waals surface area contributed by atoms with Gasteiger partial charge >= 0.3 is 0 Å². The van der Waals surface area contributed by atoms with Crippen LogP contribution in [0.3, 0.4) is 0 Å². The van der Waals surface area contributed by atoms with Crippen molar-refractivity contribution < 1.29 is 4.79 Å². The summed E-state index contributed by atoms with van der Waals surface area (Å²) in [7, 11) is 0. The Morgan fingerprint density at radius 1 is 1.11 bits per heavy atom. The van der Waals surface area contributed by atoms with E-state index < -0.39 is 0 Å². The minimum atomic E-state index is -0.0205. The van der Waals surface area contributed by atoms with Gasteiger partial charge in [0.25, 0.3) is 0 Å². The first-order valence-corrected chi connectivity index (χ1v) is 6.88. The number of halogens is 1. The summed E-state index contributed by atoms with van der Waals surface area (Å²) >= 11 is 5.63. The molecule has 1 aliphatic rings. The minimum absolute atomic E-state index is 0.0205. The molecule has 96 valence electrons. The number of fused-ring (bicyclic) bond motifs is 1. The number of benzene rings is 2. The van der Waals surface area contributed by atoms with Crippen LogP contribution in [0.1, 0.15) is 5.56 Å². The predicted molar refractivity (Wildman–Crippen MR) is 78.7 cm³/mol. The van der Waals surface area contributed by atoms with Gasteiger partial charge in [-0.25, -0.2) is 0 Å². The maximum atomic E-state index is 11.7. The molecular weight excluding hydrogens is 258 g/mol. The van der Waals surface area contributed by atoms with Crippen molar-refractivity contribution in [3.63, 3.8) is 0 Å². The van der Waals surface area contributed by atoms with E-state index in [1.54, 1.807) is 4.90 Å². The Morgan fingerprint density at radius 3 is 2.63 bits per heavy atom. The fraction of sp³-hybridized carbons (Fsp3) is 0.188. The Balaban J connectivity index is 1.97. The average molecular weight is 272 g/mol. The van der Waals surface area contributed by atoms with Gasteiger partial charge in [0, 0.05) is 12.2 Å². The molecule has 1 heterocycles. The third-order valence-electron chi connectivity index (χ3n) is 3.50. The van der Waals surface area contributed by atoms with E-state index in [4.69, 9.17) is 11.6 Å². The Labute approximate surface area is 117 Å². The van der Waals surface area contributed by atoms with Crippen LogP contribution < -0.4 is 4.90 Å². The Hall–Kier alpha value is -1.80. The molecule has 0 N–H and O–H groups in total. The van der Waals surface area contributed by atoms with Crippen molar-refractivity contribution in [2.24, 2.45) is 0 Å². The highest BCUT2D eigenvalue weighted by Crippen LogP contribution is 2.32. The summed E-state index contributed by atoms with van der Waals surface area (Å²) in [6.07, 6.45) is 0.901. The molecular formula is C16H14ClNO. The number of hydrogen-bond acceptors (Lipinski definition) is 1. The maximum Gasteiger partial charge on any atom is 0.241 e. The number of alkyl halides is 1. The highest BCUT2D eigenvalue weighted by molar-refractivity contribution is 6.29. The van der Waals surface area contributed by atoms with Crippen LogP contribution in [0.5, 0.6) is 0 Å². The summed E-state index contributed by atoms with van der Waals surface area (Å²) in [6.45, 7) is 0.735. The first-order valence-electron chi connectivity index (χ1n) is 6.34. The number of amides is 1. The van der Waals surface area contributed by atoms with Crippen LogP contribution in [-0.4, -0.2) is 18.3 Å². The number of nitrogens with zero attached hydrogens (tertiary/aromatic N) is 1. The second-order valence-electron chi connectivity index (χ2n) is 4.64. The quantitative estimate of drug-likeness (QED) is 0.766. The number of anilines is 1. The van der Waals surface area contributed by atoms with Crippen molar-refractivity contribution >= 4 is 23.2 Å². The van der Waals surface area contributed by atoms with Gasteiger partial charge in [-0.3, -0.25) is 4.79 Å². The van der Waals surface area contributed by atoms with E-state index in [9.17, 15) is 4.79 Å². The lowest BCUT2D eigenvalue weighted by Gasteiger charge is -2.16. The van der Waals surface area contributed by atoms with Crippen molar-refractivity contribution in [2.75, 3.05) is 17.3 Å². The second-order valence-corrected chi connectivity index (χ2v) is 4.91. The van der Waals surface area contributed by atoms with Crippen LogP contribution in [0.15, 0.2) is 48.5 Å². The van der Waals surface area contributed by atoms with Gasteiger partial charge < -0.3 is 4.90 Å². The Bertz CT molecular complexity index is 609. The monoisotopic (exact) mass is 271 g/mol. The van der Waals surface area contributed by atoms with Crippen molar-refractivity contribution in [3.05, 3.63) is 54.1 Å². The molecule has 2 nitrogen and oxygen atoms in total. The summed E-state index contributed by atoms with van der Waals surface area (Å²) < 4.78 is 0. The van der Waals surface area contributed by atoms with Crippen LogP contribution >= 0.6 is 11.6 Å². The molecule has 0 radical (unpaired) electrons. The van der Waals surface area contributed by atoms with Crippen molar-refractivity contribution in [3.8, 4) is 11.1 Å².